The maximum atomic E-state index is 14.0. The van der Waals surface area contributed by atoms with Gasteiger partial charge in [0.2, 0.25) is 6.79 Å². The fraction of sp³-hybridized carbons (Fsp3) is 0.316. The van der Waals surface area contributed by atoms with Gasteiger partial charge in [-0.15, -0.1) is 24.0 Å². The molecule has 0 atom stereocenters. The first-order chi connectivity index (χ1) is 12.6. The van der Waals surface area contributed by atoms with Gasteiger partial charge in [0.15, 0.2) is 17.5 Å². The summed E-state index contributed by atoms with van der Waals surface area (Å²) in [5, 5.41) is 6.42. The molecule has 146 valence electrons. The number of halogens is 2. The van der Waals surface area contributed by atoms with Crippen molar-refractivity contribution in [3.63, 3.8) is 0 Å². The van der Waals surface area contributed by atoms with Crippen molar-refractivity contribution < 1.29 is 13.9 Å². The van der Waals surface area contributed by atoms with E-state index in [4.69, 9.17) is 9.47 Å². The molecule has 0 bridgehead atoms. The smallest absolute Gasteiger partial charge is 0.231 e. The zero-order valence-corrected chi connectivity index (χ0v) is 17.9. The molecule has 6 nitrogen and oxygen atoms in total. The number of guanidine groups is 1. The van der Waals surface area contributed by atoms with E-state index in [9.17, 15) is 4.39 Å². The Morgan fingerprint density at radius 1 is 1.04 bits per heavy atom. The predicted molar refractivity (Wildman–Crippen MR) is 116 cm³/mol. The van der Waals surface area contributed by atoms with Crippen molar-refractivity contribution in [2.45, 2.75) is 13.1 Å². The van der Waals surface area contributed by atoms with Gasteiger partial charge >= 0.3 is 0 Å². The lowest BCUT2D eigenvalue weighted by atomic mass is 10.2. The fourth-order valence-electron chi connectivity index (χ4n) is 2.67. The van der Waals surface area contributed by atoms with Gasteiger partial charge in [-0.25, -0.2) is 4.39 Å². The highest BCUT2D eigenvalue weighted by Gasteiger charge is 2.13. The van der Waals surface area contributed by atoms with Gasteiger partial charge in [0.1, 0.15) is 5.82 Å². The van der Waals surface area contributed by atoms with Crippen LogP contribution in [0.1, 0.15) is 11.1 Å². The Hall–Kier alpha value is -2.23. The summed E-state index contributed by atoms with van der Waals surface area (Å²) < 4.78 is 24.7. The Kier molecular flexibility index (Phi) is 7.52. The average molecular weight is 486 g/mol. The standard InChI is InChI=1S/C19H23FN4O2.HI/c1-21-19(22-10-13-4-6-16(24(2)3)15(20)8-13)23-11-14-5-7-17-18(9-14)26-12-25-17;/h4-9H,10-12H2,1-3H3,(H2,21,22,23);1H. The maximum absolute atomic E-state index is 14.0. The molecule has 0 radical (unpaired) electrons. The molecule has 0 fully saturated rings. The van der Waals surface area contributed by atoms with E-state index in [1.807, 2.05) is 38.4 Å². The zero-order valence-electron chi connectivity index (χ0n) is 15.6. The van der Waals surface area contributed by atoms with Gasteiger partial charge in [-0.2, -0.15) is 0 Å². The van der Waals surface area contributed by atoms with Crippen molar-refractivity contribution in [3.05, 3.63) is 53.3 Å². The maximum Gasteiger partial charge on any atom is 0.231 e. The molecule has 2 N–H and O–H groups in total. The number of nitrogens with zero attached hydrogens (tertiary/aromatic N) is 2. The van der Waals surface area contributed by atoms with Crippen LogP contribution in [-0.2, 0) is 13.1 Å². The summed E-state index contributed by atoms with van der Waals surface area (Å²) in [5.74, 6) is 1.92. The number of ether oxygens (including phenoxy) is 2. The number of nitrogens with one attached hydrogen (secondary N) is 2. The van der Waals surface area contributed by atoms with Gasteiger partial charge in [0.05, 0.1) is 5.69 Å². The molecular weight excluding hydrogens is 462 g/mol. The van der Waals surface area contributed by atoms with Crippen molar-refractivity contribution in [2.75, 3.05) is 32.8 Å². The van der Waals surface area contributed by atoms with Crippen molar-refractivity contribution in [1.29, 1.82) is 0 Å². The van der Waals surface area contributed by atoms with E-state index >= 15 is 0 Å². The van der Waals surface area contributed by atoms with Gasteiger partial charge in [-0.3, -0.25) is 4.99 Å². The van der Waals surface area contributed by atoms with Gasteiger partial charge in [-0.05, 0) is 35.4 Å². The summed E-state index contributed by atoms with van der Waals surface area (Å²) in [6.07, 6.45) is 0. The molecule has 0 spiro atoms. The second-order valence-electron chi connectivity index (χ2n) is 6.15. The van der Waals surface area contributed by atoms with Crippen LogP contribution in [0.3, 0.4) is 0 Å². The first-order valence-electron chi connectivity index (χ1n) is 8.35. The zero-order chi connectivity index (χ0) is 18.5. The number of hydrogen-bond donors (Lipinski definition) is 2. The molecule has 0 aromatic heterocycles. The van der Waals surface area contributed by atoms with E-state index < -0.39 is 0 Å². The number of anilines is 1. The molecule has 3 rings (SSSR count). The van der Waals surface area contributed by atoms with Crippen LogP contribution in [0.2, 0.25) is 0 Å². The lowest BCUT2D eigenvalue weighted by Crippen LogP contribution is -2.36. The van der Waals surface area contributed by atoms with Crippen LogP contribution >= 0.6 is 24.0 Å². The second kappa shape index (κ2) is 9.63. The highest BCUT2D eigenvalue weighted by Crippen LogP contribution is 2.32. The average Bonchev–Trinajstić information content (AvgIpc) is 3.09. The molecule has 0 unspecified atom stereocenters. The monoisotopic (exact) mass is 486 g/mol. The molecule has 1 aliphatic rings. The Balaban J connectivity index is 0.00000261. The van der Waals surface area contributed by atoms with Crippen LogP contribution in [-0.4, -0.2) is 33.9 Å². The fourth-order valence-corrected chi connectivity index (χ4v) is 2.67. The molecule has 27 heavy (non-hydrogen) atoms. The number of fused-ring (bicyclic) bond motifs is 1. The van der Waals surface area contributed by atoms with Crippen molar-refractivity contribution in [1.82, 2.24) is 10.6 Å². The Labute approximate surface area is 175 Å². The quantitative estimate of drug-likeness (QED) is 0.387. The summed E-state index contributed by atoms with van der Waals surface area (Å²) in [6, 6.07) is 11.0. The molecule has 0 aliphatic carbocycles. The molecule has 0 saturated heterocycles. The summed E-state index contributed by atoms with van der Waals surface area (Å²) in [5.41, 5.74) is 2.47. The number of aliphatic imine (C=N–C) groups is 1. The van der Waals surface area contributed by atoms with Crippen LogP contribution < -0.4 is 25.0 Å². The first kappa shape index (κ1) is 21.1. The molecule has 0 amide bonds. The highest BCUT2D eigenvalue weighted by molar-refractivity contribution is 14.0. The predicted octanol–water partition coefficient (Wildman–Crippen LogP) is 3.10. The highest BCUT2D eigenvalue weighted by atomic mass is 127. The minimum absolute atomic E-state index is 0. The Morgan fingerprint density at radius 3 is 2.30 bits per heavy atom. The van der Waals surface area contributed by atoms with Gasteiger partial charge in [0, 0.05) is 34.2 Å². The van der Waals surface area contributed by atoms with Crippen LogP contribution in [0.5, 0.6) is 11.5 Å². The third kappa shape index (κ3) is 5.38. The van der Waals surface area contributed by atoms with Crippen LogP contribution in [0.15, 0.2) is 41.4 Å². The second-order valence-corrected chi connectivity index (χ2v) is 6.15. The third-order valence-electron chi connectivity index (χ3n) is 4.07. The van der Waals surface area contributed by atoms with Crippen molar-refractivity contribution >= 4 is 35.6 Å². The number of hydrogen-bond acceptors (Lipinski definition) is 4. The van der Waals surface area contributed by atoms with Crippen molar-refractivity contribution in [2.24, 2.45) is 4.99 Å². The SMILES string of the molecule is CN=C(NCc1ccc(N(C)C)c(F)c1)NCc1ccc2c(c1)OCO2.I. The van der Waals surface area contributed by atoms with E-state index in [-0.39, 0.29) is 36.6 Å². The van der Waals surface area contributed by atoms with Gasteiger partial charge < -0.3 is 25.0 Å². The molecule has 2 aromatic rings. The largest absolute Gasteiger partial charge is 0.454 e. The lowest BCUT2D eigenvalue weighted by molar-refractivity contribution is 0.174. The minimum Gasteiger partial charge on any atom is -0.454 e. The molecule has 0 saturated carbocycles. The van der Waals surface area contributed by atoms with Gasteiger partial charge in [0.25, 0.3) is 0 Å². The normalized spacial score (nSPS) is 12.4. The summed E-state index contributed by atoms with van der Waals surface area (Å²) in [6.45, 7) is 1.33. The van der Waals surface area contributed by atoms with E-state index in [0.29, 0.717) is 24.7 Å². The van der Waals surface area contributed by atoms with Crippen molar-refractivity contribution in [3.8, 4) is 11.5 Å². The number of rotatable bonds is 5. The van der Waals surface area contributed by atoms with Gasteiger partial charge in [-0.1, -0.05) is 12.1 Å². The van der Waals surface area contributed by atoms with E-state index in [0.717, 1.165) is 22.6 Å². The summed E-state index contributed by atoms with van der Waals surface area (Å²) >= 11 is 0. The van der Waals surface area contributed by atoms with Crippen LogP contribution in [0.25, 0.3) is 0 Å². The van der Waals surface area contributed by atoms with E-state index in [2.05, 4.69) is 15.6 Å². The van der Waals surface area contributed by atoms with Crippen LogP contribution in [0, 0.1) is 5.82 Å². The molecule has 2 aromatic carbocycles. The van der Waals surface area contributed by atoms with E-state index in [1.54, 1.807) is 18.0 Å². The Bertz CT molecular complexity index is 814. The Morgan fingerprint density at radius 2 is 1.67 bits per heavy atom. The van der Waals surface area contributed by atoms with Crippen LogP contribution in [0.4, 0.5) is 10.1 Å². The number of benzene rings is 2. The topological polar surface area (TPSA) is 58.1 Å². The molecular formula is C19H24FIN4O2. The molecule has 1 aliphatic heterocycles. The molecule has 8 heteroatoms. The minimum atomic E-state index is -0.238. The van der Waals surface area contributed by atoms with E-state index in [1.165, 1.54) is 6.07 Å². The third-order valence-corrected chi connectivity index (χ3v) is 4.07. The first-order valence-corrected chi connectivity index (χ1v) is 8.35. The molecule has 1 heterocycles. The summed E-state index contributed by atoms with van der Waals surface area (Å²) in [7, 11) is 5.33. The lowest BCUT2D eigenvalue weighted by Gasteiger charge is -2.15. The summed E-state index contributed by atoms with van der Waals surface area (Å²) in [4.78, 5) is 5.94.